The minimum absolute atomic E-state index is 0.0675. The standard InChI is InChI=1S/C18H8F2N4/c19-13-7-15(24-9-14(13)20)12(8-21)16-10-3-1-5-22-17(10)18-11(16)4-2-6-23-18/h1-7,9H. The molecule has 0 saturated carbocycles. The van der Waals surface area contributed by atoms with Crippen molar-refractivity contribution in [3.63, 3.8) is 0 Å². The predicted octanol–water partition coefficient (Wildman–Crippen LogP) is 3.61. The fourth-order valence-electron chi connectivity index (χ4n) is 2.80. The molecule has 0 N–H and O–H groups in total. The Morgan fingerprint density at radius 2 is 1.54 bits per heavy atom. The van der Waals surface area contributed by atoms with Gasteiger partial charge in [-0.1, -0.05) is 12.1 Å². The molecule has 0 amide bonds. The van der Waals surface area contributed by atoms with Crippen LogP contribution in [0.15, 0.2) is 48.9 Å². The number of pyridine rings is 3. The molecule has 3 aromatic heterocycles. The van der Waals surface area contributed by atoms with Crippen molar-refractivity contribution in [3.05, 3.63) is 77.4 Å². The van der Waals surface area contributed by atoms with E-state index in [4.69, 9.17) is 0 Å². The van der Waals surface area contributed by atoms with Crippen LogP contribution >= 0.6 is 0 Å². The van der Waals surface area contributed by atoms with Gasteiger partial charge in [0.25, 0.3) is 0 Å². The predicted molar refractivity (Wildman–Crippen MR) is 83.2 cm³/mol. The third-order valence-electron chi connectivity index (χ3n) is 3.80. The topological polar surface area (TPSA) is 62.5 Å². The van der Waals surface area contributed by atoms with Crippen LogP contribution in [0, 0.1) is 23.0 Å². The van der Waals surface area contributed by atoms with E-state index in [1.165, 1.54) is 0 Å². The summed E-state index contributed by atoms with van der Waals surface area (Å²) in [7, 11) is 0. The van der Waals surface area contributed by atoms with E-state index in [0.717, 1.165) is 12.3 Å². The minimum atomic E-state index is -1.06. The molecule has 3 heterocycles. The first kappa shape index (κ1) is 14.2. The van der Waals surface area contributed by atoms with Crippen molar-refractivity contribution >= 4 is 11.1 Å². The number of aromatic nitrogens is 3. The van der Waals surface area contributed by atoms with Crippen LogP contribution in [0.1, 0.15) is 16.8 Å². The van der Waals surface area contributed by atoms with E-state index in [-0.39, 0.29) is 11.3 Å². The van der Waals surface area contributed by atoms with Gasteiger partial charge in [0, 0.05) is 35.2 Å². The Morgan fingerprint density at radius 3 is 2.08 bits per heavy atom. The molecule has 0 fully saturated rings. The first-order valence-corrected chi connectivity index (χ1v) is 7.07. The van der Waals surface area contributed by atoms with Crippen LogP contribution in [0.2, 0.25) is 0 Å². The molecular weight excluding hydrogens is 310 g/mol. The van der Waals surface area contributed by atoms with Crippen LogP contribution in [0.4, 0.5) is 8.78 Å². The maximum absolute atomic E-state index is 13.6. The number of hydrogen-bond donors (Lipinski definition) is 0. The molecule has 0 unspecified atom stereocenters. The summed E-state index contributed by atoms with van der Waals surface area (Å²) in [5, 5.41) is 9.65. The number of rotatable bonds is 1. The van der Waals surface area contributed by atoms with Gasteiger partial charge in [-0.2, -0.15) is 5.26 Å². The van der Waals surface area contributed by atoms with Gasteiger partial charge in [0.15, 0.2) is 11.6 Å². The Kier molecular flexibility index (Phi) is 3.14. The molecule has 6 heteroatoms. The Hall–Kier alpha value is -3.46. The molecule has 114 valence electrons. The van der Waals surface area contributed by atoms with E-state index < -0.39 is 11.6 Å². The molecule has 0 radical (unpaired) electrons. The summed E-state index contributed by atoms with van der Waals surface area (Å²) in [5.74, 6) is -2.11. The van der Waals surface area contributed by atoms with Crippen molar-refractivity contribution < 1.29 is 8.78 Å². The molecule has 0 spiro atoms. The zero-order chi connectivity index (χ0) is 16.7. The van der Waals surface area contributed by atoms with Crippen LogP contribution in [0.5, 0.6) is 0 Å². The maximum Gasteiger partial charge on any atom is 0.177 e. The van der Waals surface area contributed by atoms with Crippen LogP contribution < -0.4 is 0 Å². The van der Waals surface area contributed by atoms with Crippen molar-refractivity contribution in [1.29, 1.82) is 5.26 Å². The molecule has 0 aromatic carbocycles. The highest BCUT2D eigenvalue weighted by molar-refractivity contribution is 6.11. The number of fused-ring (bicyclic) bond motifs is 3. The quantitative estimate of drug-likeness (QED) is 0.503. The van der Waals surface area contributed by atoms with Crippen molar-refractivity contribution in [3.8, 4) is 17.5 Å². The third-order valence-corrected chi connectivity index (χ3v) is 3.80. The molecular formula is C18H8F2N4. The Morgan fingerprint density at radius 1 is 0.917 bits per heavy atom. The second-order valence-corrected chi connectivity index (χ2v) is 5.14. The van der Waals surface area contributed by atoms with Gasteiger partial charge >= 0.3 is 0 Å². The maximum atomic E-state index is 13.6. The van der Waals surface area contributed by atoms with Crippen LogP contribution in [0.25, 0.3) is 22.5 Å². The Bertz CT molecular complexity index is 1000. The van der Waals surface area contributed by atoms with Crippen molar-refractivity contribution in [2.45, 2.75) is 0 Å². The summed E-state index contributed by atoms with van der Waals surface area (Å²) in [6, 6.07) is 10.1. The van der Waals surface area contributed by atoms with Crippen molar-refractivity contribution in [2.75, 3.05) is 0 Å². The highest BCUT2D eigenvalue weighted by Gasteiger charge is 2.29. The summed E-state index contributed by atoms with van der Waals surface area (Å²) in [6.45, 7) is 0. The van der Waals surface area contributed by atoms with Crippen LogP contribution in [-0.2, 0) is 0 Å². The summed E-state index contributed by atoms with van der Waals surface area (Å²) in [4.78, 5) is 12.5. The van der Waals surface area contributed by atoms with Crippen molar-refractivity contribution in [2.24, 2.45) is 0 Å². The fraction of sp³-hybridized carbons (Fsp3) is 0. The van der Waals surface area contributed by atoms with E-state index in [9.17, 15) is 14.0 Å². The summed E-state index contributed by atoms with van der Waals surface area (Å²) in [6.07, 6.45) is 4.05. The van der Waals surface area contributed by atoms with Gasteiger partial charge in [0.2, 0.25) is 0 Å². The molecule has 24 heavy (non-hydrogen) atoms. The fourth-order valence-corrected chi connectivity index (χ4v) is 2.80. The smallest absolute Gasteiger partial charge is 0.177 e. The van der Waals surface area contributed by atoms with E-state index in [0.29, 0.717) is 28.1 Å². The monoisotopic (exact) mass is 318 g/mol. The lowest BCUT2D eigenvalue weighted by atomic mass is 9.97. The van der Waals surface area contributed by atoms with E-state index >= 15 is 0 Å². The van der Waals surface area contributed by atoms with Gasteiger partial charge in [0.1, 0.15) is 6.07 Å². The van der Waals surface area contributed by atoms with Gasteiger partial charge < -0.3 is 0 Å². The van der Waals surface area contributed by atoms with Gasteiger partial charge in [-0.15, -0.1) is 0 Å². The number of nitriles is 1. The van der Waals surface area contributed by atoms with Gasteiger partial charge in [0.05, 0.1) is 28.9 Å². The SMILES string of the molecule is N#CC(=C1c2cccnc2-c2ncccc21)c1cc(F)c(F)cn1. The second kappa shape index (κ2) is 5.32. The van der Waals surface area contributed by atoms with Crippen LogP contribution in [-0.4, -0.2) is 15.0 Å². The Balaban J connectivity index is 2.07. The third kappa shape index (κ3) is 1.99. The van der Waals surface area contributed by atoms with Crippen LogP contribution in [0.3, 0.4) is 0 Å². The molecule has 4 nitrogen and oxygen atoms in total. The average Bonchev–Trinajstić information content (AvgIpc) is 2.94. The first-order valence-electron chi connectivity index (χ1n) is 7.07. The lowest BCUT2D eigenvalue weighted by Crippen LogP contribution is -1.96. The molecule has 1 aliphatic carbocycles. The highest BCUT2D eigenvalue weighted by atomic mass is 19.2. The second-order valence-electron chi connectivity index (χ2n) is 5.14. The van der Waals surface area contributed by atoms with Gasteiger partial charge in [-0.3, -0.25) is 15.0 Å². The zero-order valence-corrected chi connectivity index (χ0v) is 12.2. The molecule has 4 rings (SSSR count). The zero-order valence-electron chi connectivity index (χ0n) is 12.2. The normalized spacial score (nSPS) is 11.6. The number of allylic oxidation sites excluding steroid dienone is 1. The van der Waals surface area contributed by atoms with Gasteiger partial charge in [-0.05, 0) is 12.1 Å². The minimum Gasteiger partial charge on any atom is -0.254 e. The molecule has 0 saturated heterocycles. The van der Waals surface area contributed by atoms with Crippen molar-refractivity contribution in [1.82, 2.24) is 15.0 Å². The largest absolute Gasteiger partial charge is 0.254 e. The number of halogens is 2. The van der Waals surface area contributed by atoms with Gasteiger partial charge in [-0.25, -0.2) is 8.78 Å². The summed E-state index contributed by atoms with van der Waals surface area (Å²) < 4.78 is 26.7. The first-order chi connectivity index (χ1) is 11.7. The Labute approximate surface area is 135 Å². The number of nitrogens with zero attached hydrogens (tertiary/aromatic N) is 4. The molecule has 1 aliphatic rings. The highest BCUT2D eigenvalue weighted by Crippen LogP contribution is 2.44. The molecule has 0 bridgehead atoms. The molecule has 3 aromatic rings. The molecule has 0 aliphatic heterocycles. The average molecular weight is 318 g/mol. The lowest BCUT2D eigenvalue weighted by molar-refractivity contribution is 0.503. The molecule has 0 atom stereocenters. The van der Waals surface area contributed by atoms with E-state index in [1.807, 2.05) is 12.1 Å². The summed E-state index contributed by atoms with van der Waals surface area (Å²) in [5.41, 5.74) is 3.52. The lowest BCUT2D eigenvalue weighted by Gasteiger charge is -2.06. The van der Waals surface area contributed by atoms with E-state index in [2.05, 4.69) is 21.0 Å². The van der Waals surface area contributed by atoms with E-state index in [1.54, 1.807) is 24.5 Å². The number of hydrogen-bond acceptors (Lipinski definition) is 4. The summed E-state index contributed by atoms with van der Waals surface area (Å²) >= 11 is 0.